The van der Waals surface area contributed by atoms with E-state index in [2.05, 4.69) is 26.2 Å². The fourth-order valence-electron chi connectivity index (χ4n) is 1.36. The Morgan fingerprint density at radius 2 is 1.94 bits per heavy atom. The van der Waals surface area contributed by atoms with Gasteiger partial charge >= 0.3 is 0 Å². The van der Waals surface area contributed by atoms with Crippen molar-refractivity contribution in [3.8, 4) is 5.75 Å². The number of hydrogen-bond acceptors (Lipinski definition) is 3. The topological polar surface area (TPSA) is 45.1 Å². The Morgan fingerprint density at radius 1 is 1.12 bits per heavy atom. The van der Waals surface area contributed by atoms with E-state index in [-0.39, 0.29) is 5.75 Å². The maximum Gasteiger partial charge on any atom is 0.138 e. The van der Waals surface area contributed by atoms with Crippen molar-refractivity contribution in [2.75, 3.05) is 5.32 Å². The first-order valence-corrected chi connectivity index (χ1v) is 5.68. The summed E-state index contributed by atoms with van der Waals surface area (Å²) in [6, 6.07) is 12.9. The molecule has 0 saturated heterocycles. The van der Waals surface area contributed by atoms with Crippen LogP contribution in [-0.2, 0) is 6.54 Å². The molecule has 3 nitrogen and oxygen atoms in total. The Hall–Kier alpha value is -1.55. The SMILES string of the molecule is Oc1ccccc1NCc1cccc(Br)n1. The molecule has 0 aliphatic carbocycles. The highest BCUT2D eigenvalue weighted by molar-refractivity contribution is 9.10. The van der Waals surface area contributed by atoms with E-state index in [0.29, 0.717) is 12.2 Å². The van der Waals surface area contributed by atoms with Crippen LogP contribution in [0.25, 0.3) is 0 Å². The normalized spacial score (nSPS) is 10.1. The Bertz CT molecular complexity index is 488. The third-order valence-corrected chi connectivity index (χ3v) is 2.58. The summed E-state index contributed by atoms with van der Waals surface area (Å²) < 4.78 is 0.809. The number of hydrogen-bond donors (Lipinski definition) is 2. The summed E-state index contributed by atoms with van der Waals surface area (Å²) >= 11 is 3.31. The number of pyridine rings is 1. The molecule has 16 heavy (non-hydrogen) atoms. The predicted molar refractivity (Wildman–Crippen MR) is 67.4 cm³/mol. The van der Waals surface area contributed by atoms with Gasteiger partial charge < -0.3 is 10.4 Å². The van der Waals surface area contributed by atoms with Crippen LogP contribution in [0.15, 0.2) is 47.1 Å². The fraction of sp³-hybridized carbons (Fsp3) is 0.0833. The van der Waals surface area contributed by atoms with Gasteiger partial charge in [0.05, 0.1) is 17.9 Å². The van der Waals surface area contributed by atoms with Gasteiger partial charge in [-0.25, -0.2) is 4.98 Å². The van der Waals surface area contributed by atoms with Gasteiger partial charge in [-0.3, -0.25) is 0 Å². The van der Waals surface area contributed by atoms with Gasteiger partial charge in [-0.2, -0.15) is 0 Å². The van der Waals surface area contributed by atoms with E-state index in [1.54, 1.807) is 12.1 Å². The molecule has 1 aromatic heterocycles. The van der Waals surface area contributed by atoms with E-state index in [1.807, 2.05) is 30.3 Å². The third kappa shape index (κ3) is 2.73. The third-order valence-electron chi connectivity index (χ3n) is 2.14. The minimum absolute atomic E-state index is 0.248. The lowest BCUT2D eigenvalue weighted by atomic mass is 10.3. The van der Waals surface area contributed by atoms with E-state index in [0.717, 1.165) is 10.3 Å². The molecule has 0 atom stereocenters. The maximum absolute atomic E-state index is 9.55. The number of phenolic OH excluding ortho intramolecular Hbond substituents is 1. The zero-order chi connectivity index (χ0) is 11.4. The van der Waals surface area contributed by atoms with Crippen LogP contribution in [0, 0.1) is 0 Å². The molecule has 1 aromatic carbocycles. The zero-order valence-corrected chi connectivity index (χ0v) is 10.1. The highest BCUT2D eigenvalue weighted by Gasteiger charge is 1.99. The number of aromatic hydroxyl groups is 1. The molecule has 2 aromatic rings. The van der Waals surface area contributed by atoms with Crippen molar-refractivity contribution in [1.82, 2.24) is 4.98 Å². The molecule has 1 heterocycles. The van der Waals surface area contributed by atoms with Crippen LogP contribution in [-0.4, -0.2) is 10.1 Å². The number of nitrogens with zero attached hydrogens (tertiary/aromatic N) is 1. The molecule has 2 N–H and O–H groups in total. The molecule has 2 rings (SSSR count). The lowest BCUT2D eigenvalue weighted by Gasteiger charge is -2.07. The molecule has 0 aliphatic rings. The Morgan fingerprint density at radius 3 is 2.69 bits per heavy atom. The lowest BCUT2D eigenvalue weighted by Crippen LogP contribution is -2.01. The molecule has 0 radical (unpaired) electrons. The van der Waals surface area contributed by atoms with Crippen LogP contribution < -0.4 is 5.32 Å². The lowest BCUT2D eigenvalue weighted by molar-refractivity contribution is 0.477. The summed E-state index contributed by atoms with van der Waals surface area (Å²) in [7, 11) is 0. The van der Waals surface area contributed by atoms with Crippen LogP contribution in [0.4, 0.5) is 5.69 Å². The molecule has 0 unspecified atom stereocenters. The number of aromatic nitrogens is 1. The van der Waals surface area contributed by atoms with E-state index in [9.17, 15) is 5.11 Å². The quantitative estimate of drug-likeness (QED) is 0.670. The minimum Gasteiger partial charge on any atom is -0.506 e. The summed E-state index contributed by atoms with van der Waals surface area (Å²) in [5.41, 5.74) is 1.63. The average Bonchev–Trinajstić information content (AvgIpc) is 2.28. The smallest absolute Gasteiger partial charge is 0.138 e. The number of benzene rings is 1. The summed E-state index contributed by atoms with van der Waals surface area (Å²) in [4.78, 5) is 4.29. The Labute approximate surface area is 102 Å². The summed E-state index contributed by atoms with van der Waals surface area (Å²) in [6.45, 7) is 0.580. The van der Waals surface area contributed by atoms with Gasteiger partial charge in [-0.1, -0.05) is 18.2 Å². The molecule has 0 spiro atoms. The number of halogens is 1. The van der Waals surface area contributed by atoms with Crippen LogP contribution in [0.5, 0.6) is 5.75 Å². The molecule has 0 bridgehead atoms. The van der Waals surface area contributed by atoms with E-state index in [1.165, 1.54) is 0 Å². The number of rotatable bonds is 3. The first-order chi connectivity index (χ1) is 7.75. The second-order valence-electron chi connectivity index (χ2n) is 3.32. The number of para-hydroxylation sites is 2. The molecule has 0 amide bonds. The van der Waals surface area contributed by atoms with Crippen LogP contribution in [0.3, 0.4) is 0 Å². The van der Waals surface area contributed by atoms with Crippen LogP contribution in [0.2, 0.25) is 0 Å². The largest absolute Gasteiger partial charge is 0.506 e. The van der Waals surface area contributed by atoms with Gasteiger partial charge in [0, 0.05) is 0 Å². The maximum atomic E-state index is 9.55. The highest BCUT2D eigenvalue weighted by atomic mass is 79.9. The molecular formula is C12H11BrN2O. The van der Waals surface area contributed by atoms with E-state index in [4.69, 9.17) is 0 Å². The standard InChI is InChI=1S/C12H11BrN2O/c13-12-7-3-4-9(15-12)8-14-10-5-1-2-6-11(10)16/h1-7,14,16H,8H2. The molecular weight excluding hydrogens is 268 g/mol. The predicted octanol–water partition coefficient (Wildman–Crippen LogP) is 3.16. The van der Waals surface area contributed by atoms with Crippen molar-refractivity contribution in [3.05, 3.63) is 52.8 Å². The fourth-order valence-corrected chi connectivity index (χ4v) is 1.74. The van der Waals surface area contributed by atoms with Crippen molar-refractivity contribution in [3.63, 3.8) is 0 Å². The first kappa shape index (κ1) is 11.0. The van der Waals surface area contributed by atoms with Gasteiger partial charge in [0.1, 0.15) is 10.4 Å². The highest BCUT2D eigenvalue weighted by Crippen LogP contribution is 2.22. The van der Waals surface area contributed by atoms with Crippen molar-refractivity contribution >= 4 is 21.6 Å². The van der Waals surface area contributed by atoms with Crippen molar-refractivity contribution in [2.24, 2.45) is 0 Å². The van der Waals surface area contributed by atoms with Crippen molar-refractivity contribution < 1.29 is 5.11 Å². The molecule has 0 fully saturated rings. The van der Waals surface area contributed by atoms with Gasteiger partial charge in [0.15, 0.2) is 0 Å². The number of phenols is 1. The number of nitrogens with one attached hydrogen (secondary N) is 1. The molecule has 0 aliphatic heterocycles. The first-order valence-electron chi connectivity index (χ1n) is 4.89. The van der Waals surface area contributed by atoms with Crippen molar-refractivity contribution in [1.29, 1.82) is 0 Å². The monoisotopic (exact) mass is 278 g/mol. The van der Waals surface area contributed by atoms with Gasteiger partial charge in [-0.05, 0) is 40.2 Å². The summed E-state index contributed by atoms with van der Waals surface area (Å²) in [5, 5.41) is 12.7. The number of anilines is 1. The van der Waals surface area contributed by atoms with Crippen LogP contribution >= 0.6 is 15.9 Å². The molecule has 82 valence electrons. The van der Waals surface area contributed by atoms with E-state index >= 15 is 0 Å². The van der Waals surface area contributed by atoms with Gasteiger partial charge in [0.25, 0.3) is 0 Å². The van der Waals surface area contributed by atoms with E-state index < -0.39 is 0 Å². The van der Waals surface area contributed by atoms with Crippen LogP contribution in [0.1, 0.15) is 5.69 Å². The summed E-state index contributed by atoms with van der Waals surface area (Å²) in [6.07, 6.45) is 0. The minimum atomic E-state index is 0.248. The van der Waals surface area contributed by atoms with Gasteiger partial charge in [-0.15, -0.1) is 0 Å². The molecule has 4 heteroatoms. The average molecular weight is 279 g/mol. The second kappa shape index (κ2) is 4.99. The van der Waals surface area contributed by atoms with Gasteiger partial charge in [0.2, 0.25) is 0 Å². The Kier molecular flexibility index (Phi) is 3.41. The zero-order valence-electron chi connectivity index (χ0n) is 8.52. The van der Waals surface area contributed by atoms with Crippen molar-refractivity contribution in [2.45, 2.75) is 6.54 Å². The second-order valence-corrected chi connectivity index (χ2v) is 4.13. The summed E-state index contributed by atoms with van der Waals surface area (Å²) in [5.74, 6) is 0.248. The Balaban J connectivity index is 2.05. The molecule has 0 saturated carbocycles.